The van der Waals surface area contributed by atoms with Crippen molar-refractivity contribution < 1.29 is 4.39 Å². The number of hydrogen-bond acceptors (Lipinski definition) is 1. The average molecular weight is 200 g/mol. The van der Waals surface area contributed by atoms with Gasteiger partial charge in [0.1, 0.15) is 5.67 Å². The predicted octanol–water partition coefficient (Wildman–Crippen LogP) is 2.63. The molecule has 1 fully saturated rings. The van der Waals surface area contributed by atoms with Crippen LogP contribution in [0.5, 0.6) is 0 Å². The summed E-state index contributed by atoms with van der Waals surface area (Å²) in [5.74, 6) is 0. The van der Waals surface area contributed by atoms with E-state index >= 15 is 0 Å². The first-order valence-corrected chi connectivity index (χ1v) is 4.69. The predicted molar refractivity (Wildman–Crippen MR) is 51.4 cm³/mol. The van der Waals surface area contributed by atoms with E-state index in [9.17, 15) is 4.39 Å². The first-order chi connectivity index (χ1) is 6.12. The molecular formula is C10H11ClFN. The Morgan fingerprint density at radius 2 is 2.00 bits per heavy atom. The van der Waals surface area contributed by atoms with Crippen LogP contribution in [0.2, 0.25) is 5.02 Å². The molecule has 0 aromatic heterocycles. The van der Waals surface area contributed by atoms with E-state index in [0.29, 0.717) is 23.4 Å². The van der Waals surface area contributed by atoms with Gasteiger partial charge < -0.3 is 5.73 Å². The molecule has 70 valence electrons. The Labute approximate surface area is 81.7 Å². The highest BCUT2D eigenvalue weighted by atomic mass is 35.5. The van der Waals surface area contributed by atoms with Gasteiger partial charge in [-0.1, -0.05) is 29.8 Å². The van der Waals surface area contributed by atoms with Crippen molar-refractivity contribution in [2.75, 3.05) is 0 Å². The first kappa shape index (κ1) is 8.97. The minimum absolute atomic E-state index is 0.0127. The molecule has 1 nitrogen and oxygen atoms in total. The molecule has 2 rings (SSSR count). The standard InChI is InChI=1S/C10H11ClFN/c11-9-4-2-1-3-8(9)10(12)5-7(13)6-10/h1-4,7H,5-6,13H2. The van der Waals surface area contributed by atoms with Crippen LogP contribution in [0.4, 0.5) is 4.39 Å². The monoisotopic (exact) mass is 199 g/mol. The second-order valence-corrected chi connectivity index (χ2v) is 4.02. The highest BCUT2D eigenvalue weighted by Crippen LogP contribution is 2.46. The van der Waals surface area contributed by atoms with Crippen molar-refractivity contribution in [1.82, 2.24) is 0 Å². The summed E-state index contributed by atoms with van der Waals surface area (Å²) >= 11 is 5.89. The van der Waals surface area contributed by atoms with Crippen molar-refractivity contribution in [1.29, 1.82) is 0 Å². The normalized spacial score (nSPS) is 32.7. The Bertz CT molecular complexity index is 320. The first-order valence-electron chi connectivity index (χ1n) is 4.31. The zero-order valence-corrected chi connectivity index (χ0v) is 7.89. The zero-order valence-electron chi connectivity index (χ0n) is 7.13. The largest absolute Gasteiger partial charge is 0.327 e. The molecule has 0 aliphatic heterocycles. The fourth-order valence-corrected chi connectivity index (χ4v) is 2.12. The van der Waals surface area contributed by atoms with Crippen LogP contribution in [0.1, 0.15) is 18.4 Å². The van der Waals surface area contributed by atoms with Crippen molar-refractivity contribution in [3.05, 3.63) is 34.9 Å². The van der Waals surface area contributed by atoms with Crippen molar-refractivity contribution in [3.8, 4) is 0 Å². The fourth-order valence-electron chi connectivity index (χ4n) is 1.82. The van der Waals surface area contributed by atoms with Crippen LogP contribution >= 0.6 is 11.6 Å². The number of halogens is 2. The molecule has 1 saturated carbocycles. The summed E-state index contributed by atoms with van der Waals surface area (Å²) in [6, 6.07) is 7.03. The van der Waals surface area contributed by atoms with Crippen LogP contribution in [-0.4, -0.2) is 6.04 Å². The number of benzene rings is 1. The Morgan fingerprint density at radius 1 is 1.38 bits per heavy atom. The third kappa shape index (κ3) is 1.45. The Morgan fingerprint density at radius 3 is 2.54 bits per heavy atom. The molecule has 3 heteroatoms. The maximum absolute atomic E-state index is 14.0. The molecule has 13 heavy (non-hydrogen) atoms. The molecule has 0 spiro atoms. The summed E-state index contributed by atoms with van der Waals surface area (Å²) in [4.78, 5) is 0. The molecule has 0 saturated heterocycles. The van der Waals surface area contributed by atoms with Crippen LogP contribution in [0, 0.1) is 0 Å². The van der Waals surface area contributed by atoms with Gasteiger partial charge in [-0.15, -0.1) is 0 Å². The molecule has 1 aromatic carbocycles. The van der Waals surface area contributed by atoms with E-state index in [4.69, 9.17) is 17.3 Å². The van der Waals surface area contributed by atoms with E-state index in [1.54, 1.807) is 24.3 Å². The lowest BCUT2D eigenvalue weighted by Crippen LogP contribution is -2.46. The molecule has 0 bridgehead atoms. The van der Waals surface area contributed by atoms with E-state index in [-0.39, 0.29) is 6.04 Å². The molecule has 0 heterocycles. The molecule has 0 unspecified atom stereocenters. The number of rotatable bonds is 1. The maximum atomic E-state index is 14.0. The van der Waals surface area contributed by atoms with Gasteiger partial charge in [-0.3, -0.25) is 0 Å². The number of hydrogen-bond donors (Lipinski definition) is 1. The molecule has 0 atom stereocenters. The van der Waals surface area contributed by atoms with Crippen molar-refractivity contribution >= 4 is 11.6 Å². The van der Waals surface area contributed by atoms with E-state index in [1.807, 2.05) is 0 Å². The fraction of sp³-hybridized carbons (Fsp3) is 0.400. The third-order valence-electron chi connectivity index (χ3n) is 2.53. The van der Waals surface area contributed by atoms with E-state index < -0.39 is 5.67 Å². The second kappa shape index (κ2) is 2.96. The molecule has 1 aromatic rings. The minimum Gasteiger partial charge on any atom is -0.327 e. The molecule has 1 aliphatic carbocycles. The lowest BCUT2D eigenvalue weighted by atomic mass is 9.73. The van der Waals surface area contributed by atoms with Gasteiger partial charge >= 0.3 is 0 Å². The third-order valence-corrected chi connectivity index (χ3v) is 2.86. The van der Waals surface area contributed by atoms with Gasteiger partial charge in [0, 0.05) is 29.5 Å². The van der Waals surface area contributed by atoms with Gasteiger partial charge in [-0.2, -0.15) is 0 Å². The Hall–Kier alpha value is -0.600. The Balaban J connectivity index is 2.31. The highest BCUT2D eigenvalue weighted by molar-refractivity contribution is 6.31. The van der Waals surface area contributed by atoms with Crippen LogP contribution in [0.3, 0.4) is 0 Å². The maximum Gasteiger partial charge on any atom is 0.140 e. The Kier molecular flexibility index (Phi) is 2.05. The van der Waals surface area contributed by atoms with Gasteiger partial charge in [0.2, 0.25) is 0 Å². The summed E-state index contributed by atoms with van der Waals surface area (Å²) in [5.41, 5.74) is 4.86. The second-order valence-electron chi connectivity index (χ2n) is 3.61. The highest BCUT2D eigenvalue weighted by Gasteiger charge is 2.45. The van der Waals surface area contributed by atoms with Crippen LogP contribution in [-0.2, 0) is 5.67 Å². The van der Waals surface area contributed by atoms with Crippen LogP contribution < -0.4 is 5.73 Å². The summed E-state index contributed by atoms with van der Waals surface area (Å²) in [7, 11) is 0. The van der Waals surface area contributed by atoms with Crippen LogP contribution in [0.25, 0.3) is 0 Å². The quantitative estimate of drug-likeness (QED) is 0.740. The van der Waals surface area contributed by atoms with E-state index in [0.717, 1.165) is 0 Å². The molecule has 0 radical (unpaired) electrons. The zero-order chi connectivity index (χ0) is 9.47. The smallest absolute Gasteiger partial charge is 0.140 e. The lowest BCUT2D eigenvalue weighted by molar-refractivity contribution is 0.0407. The van der Waals surface area contributed by atoms with E-state index in [1.165, 1.54) is 0 Å². The van der Waals surface area contributed by atoms with Crippen molar-refractivity contribution in [3.63, 3.8) is 0 Å². The molecule has 0 amide bonds. The van der Waals surface area contributed by atoms with Gasteiger partial charge in [-0.05, 0) is 6.07 Å². The minimum atomic E-state index is -1.28. The molecular weight excluding hydrogens is 189 g/mol. The summed E-state index contributed by atoms with van der Waals surface area (Å²) in [6.07, 6.45) is 0.771. The van der Waals surface area contributed by atoms with Crippen LogP contribution in [0.15, 0.2) is 24.3 Å². The number of nitrogens with two attached hydrogens (primary N) is 1. The van der Waals surface area contributed by atoms with E-state index in [2.05, 4.69) is 0 Å². The number of alkyl halides is 1. The lowest BCUT2D eigenvalue weighted by Gasteiger charge is -2.40. The summed E-state index contributed by atoms with van der Waals surface area (Å²) in [6.45, 7) is 0. The summed E-state index contributed by atoms with van der Waals surface area (Å²) in [5, 5.41) is 0.497. The topological polar surface area (TPSA) is 26.0 Å². The SMILES string of the molecule is NC1CC(F)(c2ccccc2Cl)C1. The van der Waals surface area contributed by atoms with Gasteiger partial charge in [0.05, 0.1) is 0 Å². The van der Waals surface area contributed by atoms with Crippen molar-refractivity contribution in [2.45, 2.75) is 24.6 Å². The van der Waals surface area contributed by atoms with Crippen molar-refractivity contribution in [2.24, 2.45) is 5.73 Å². The molecule has 2 N–H and O–H groups in total. The van der Waals surface area contributed by atoms with Gasteiger partial charge in [0.15, 0.2) is 0 Å². The average Bonchev–Trinajstić information content (AvgIpc) is 2.02. The van der Waals surface area contributed by atoms with Gasteiger partial charge in [-0.25, -0.2) is 4.39 Å². The summed E-state index contributed by atoms with van der Waals surface area (Å²) < 4.78 is 14.0. The molecule has 1 aliphatic rings. The van der Waals surface area contributed by atoms with Gasteiger partial charge in [0.25, 0.3) is 0 Å².